The molecular weight excluding hydrogens is 587 g/mol. The van der Waals surface area contributed by atoms with Crippen LogP contribution in [-0.2, 0) is 19.1 Å². The van der Waals surface area contributed by atoms with Gasteiger partial charge in [-0.15, -0.1) is 0 Å². The van der Waals surface area contributed by atoms with E-state index in [0.29, 0.717) is 26.3 Å². The molecule has 2 aromatic carbocycles. The van der Waals surface area contributed by atoms with Gasteiger partial charge in [0.15, 0.2) is 18.1 Å². The van der Waals surface area contributed by atoms with Crippen molar-refractivity contribution in [2.24, 2.45) is 0 Å². The molecule has 1 N–H and O–H groups in total. The number of ether oxygens (including phenoxy) is 3. The number of nitrogens with one attached hydrogen (secondary N) is 1. The number of anilines is 1. The highest BCUT2D eigenvalue weighted by Gasteiger charge is 2.41. The molecule has 0 bridgehead atoms. The third-order valence-corrected chi connectivity index (χ3v) is 6.67. The van der Waals surface area contributed by atoms with Gasteiger partial charge in [-0.3, -0.25) is 19.3 Å². The Balaban J connectivity index is 1.75. The Morgan fingerprint density at radius 3 is 2.49 bits per heavy atom. The standard InChI is InChI=1S/C24H23IN2O7S/c1-13-5-7-16(8-6-13)26-20(28)12-34-21-17(25)9-15(10-18(21)32-3)11-19-22(29)27(24(31)35-19)14(2)23(30)33-4/h5-11,14H,12H2,1-4H3,(H,26,28)/b19-11+/t14-/m0/s1. The predicted molar refractivity (Wildman–Crippen MR) is 140 cm³/mol. The summed E-state index contributed by atoms with van der Waals surface area (Å²) in [6.45, 7) is 3.16. The molecular formula is C24H23IN2O7S. The smallest absolute Gasteiger partial charge is 0.328 e. The van der Waals surface area contributed by atoms with E-state index >= 15 is 0 Å². The van der Waals surface area contributed by atoms with Gasteiger partial charge in [0.25, 0.3) is 17.1 Å². The highest BCUT2D eigenvalue weighted by Crippen LogP contribution is 2.38. The summed E-state index contributed by atoms with van der Waals surface area (Å²) in [5.41, 5.74) is 2.33. The van der Waals surface area contributed by atoms with Crippen molar-refractivity contribution < 1.29 is 33.4 Å². The lowest BCUT2D eigenvalue weighted by Gasteiger charge is -2.18. The zero-order chi connectivity index (χ0) is 25.7. The zero-order valence-corrected chi connectivity index (χ0v) is 22.4. The normalized spacial score (nSPS) is 15.2. The summed E-state index contributed by atoms with van der Waals surface area (Å²) < 4.78 is 16.4. The molecule has 1 aliphatic heterocycles. The number of amides is 3. The van der Waals surface area contributed by atoms with Crippen molar-refractivity contribution >= 4 is 69.1 Å². The van der Waals surface area contributed by atoms with Crippen molar-refractivity contribution in [3.8, 4) is 11.5 Å². The number of esters is 1. The molecule has 35 heavy (non-hydrogen) atoms. The first kappa shape index (κ1) is 26.5. The van der Waals surface area contributed by atoms with Gasteiger partial charge in [-0.1, -0.05) is 17.7 Å². The van der Waals surface area contributed by atoms with E-state index in [9.17, 15) is 19.2 Å². The molecule has 11 heteroatoms. The summed E-state index contributed by atoms with van der Waals surface area (Å²) in [4.78, 5) is 50.2. The van der Waals surface area contributed by atoms with Crippen LogP contribution in [0, 0.1) is 10.5 Å². The number of benzene rings is 2. The second-order valence-corrected chi connectivity index (χ2v) is 9.64. The molecule has 184 valence electrons. The molecule has 1 atom stereocenters. The first-order valence-corrected chi connectivity index (χ1v) is 12.3. The largest absolute Gasteiger partial charge is 0.493 e. The first-order chi connectivity index (χ1) is 16.6. The average Bonchev–Trinajstić information content (AvgIpc) is 3.10. The number of imide groups is 1. The second-order valence-electron chi connectivity index (χ2n) is 7.49. The van der Waals surface area contributed by atoms with Gasteiger partial charge in [-0.25, -0.2) is 4.79 Å². The molecule has 0 radical (unpaired) electrons. The number of rotatable bonds is 8. The van der Waals surface area contributed by atoms with Crippen molar-refractivity contribution in [2.75, 3.05) is 26.1 Å². The first-order valence-electron chi connectivity index (χ1n) is 10.4. The molecule has 3 amide bonds. The fourth-order valence-corrected chi connectivity index (χ4v) is 4.87. The van der Waals surface area contributed by atoms with E-state index in [1.165, 1.54) is 27.2 Å². The molecule has 0 spiro atoms. The lowest BCUT2D eigenvalue weighted by molar-refractivity contribution is -0.148. The Hall–Kier alpha value is -3.06. The highest BCUT2D eigenvalue weighted by atomic mass is 127. The predicted octanol–water partition coefficient (Wildman–Crippen LogP) is 4.22. The fourth-order valence-electron chi connectivity index (χ4n) is 3.18. The van der Waals surface area contributed by atoms with Crippen molar-refractivity contribution in [3.63, 3.8) is 0 Å². The van der Waals surface area contributed by atoms with Crippen molar-refractivity contribution in [1.82, 2.24) is 4.90 Å². The topological polar surface area (TPSA) is 111 Å². The van der Waals surface area contributed by atoms with Gasteiger partial charge in [0.1, 0.15) is 6.04 Å². The maximum absolute atomic E-state index is 12.7. The van der Waals surface area contributed by atoms with E-state index in [2.05, 4.69) is 10.1 Å². The maximum atomic E-state index is 12.7. The van der Waals surface area contributed by atoms with Crippen LogP contribution in [0.5, 0.6) is 11.5 Å². The Kier molecular flexibility index (Phi) is 8.78. The number of carbonyl (C=O) groups is 4. The monoisotopic (exact) mass is 610 g/mol. The van der Waals surface area contributed by atoms with Crippen LogP contribution in [0.4, 0.5) is 10.5 Å². The second kappa shape index (κ2) is 11.6. The van der Waals surface area contributed by atoms with Crippen LogP contribution in [0.2, 0.25) is 0 Å². The molecule has 1 heterocycles. The lowest BCUT2D eigenvalue weighted by Crippen LogP contribution is -2.42. The summed E-state index contributed by atoms with van der Waals surface area (Å²) in [5.74, 6) is -0.869. The van der Waals surface area contributed by atoms with Crippen LogP contribution in [0.15, 0.2) is 41.3 Å². The number of nitrogens with zero attached hydrogens (tertiary/aromatic N) is 1. The third kappa shape index (κ3) is 6.34. The molecule has 0 aromatic heterocycles. The quantitative estimate of drug-likeness (QED) is 0.269. The highest BCUT2D eigenvalue weighted by molar-refractivity contribution is 14.1. The van der Waals surface area contributed by atoms with E-state index < -0.39 is 23.2 Å². The van der Waals surface area contributed by atoms with Gasteiger partial charge < -0.3 is 19.5 Å². The van der Waals surface area contributed by atoms with E-state index in [4.69, 9.17) is 9.47 Å². The third-order valence-electron chi connectivity index (χ3n) is 4.99. The summed E-state index contributed by atoms with van der Waals surface area (Å²) >= 11 is 2.77. The maximum Gasteiger partial charge on any atom is 0.328 e. The minimum atomic E-state index is -1.03. The molecule has 0 unspecified atom stereocenters. The molecule has 1 saturated heterocycles. The van der Waals surface area contributed by atoms with Crippen LogP contribution in [-0.4, -0.2) is 54.8 Å². The molecule has 0 aliphatic carbocycles. The number of hydrogen-bond donors (Lipinski definition) is 1. The van der Waals surface area contributed by atoms with E-state index in [1.54, 1.807) is 24.3 Å². The molecule has 1 fully saturated rings. The number of aryl methyl sites for hydroxylation is 1. The number of carbonyl (C=O) groups excluding carboxylic acids is 4. The molecule has 0 saturated carbocycles. The number of methoxy groups -OCH3 is 2. The van der Waals surface area contributed by atoms with Gasteiger partial charge in [0.05, 0.1) is 22.7 Å². The van der Waals surface area contributed by atoms with Gasteiger partial charge in [-0.2, -0.15) is 0 Å². The van der Waals surface area contributed by atoms with Crippen LogP contribution in [0.1, 0.15) is 18.1 Å². The van der Waals surface area contributed by atoms with E-state index in [1.807, 2.05) is 41.6 Å². The summed E-state index contributed by atoms with van der Waals surface area (Å²) in [5, 5.41) is 2.21. The number of hydrogen-bond acceptors (Lipinski definition) is 8. The van der Waals surface area contributed by atoms with Crippen molar-refractivity contribution in [3.05, 3.63) is 56.0 Å². The Bertz CT molecular complexity index is 1200. The van der Waals surface area contributed by atoms with Gasteiger partial charge in [0, 0.05) is 5.69 Å². The van der Waals surface area contributed by atoms with Crippen molar-refractivity contribution in [1.29, 1.82) is 0 Å². The Labute approximate surface area is 220 Å². The fraction of sp³-hybridized carbons (Fsp3) is 0.250. The molecule has 9 nitrogen and oxygen atoms in total. The van der Waals surface area contributed by atoms with Crippen LogP contribution in [0.25, 0.3) is 6.08 Å². The van der Waals surface area contributed by atoms with E-state index in [-0.39, 0.29) is 17.4 Å². The summed E-state index contributed by atoms with van der Waals surface area (Å²) in [6, 6.07) is 9.73. The average molecular weight is 610 g/mol. The van der Waals surface area contributed by atoms with Crippen LogP contribution >= 0.6 is 34.4 Å². The zero-order valence-electron chi connectivity index (χ0n) is 19.4. The van der Waals surface area contributed by atoms with Crippen LogP contribution in [0.3, 0.4) is 0 Å². The van der Waals surface area contributed by atoms with Gasteiger partial charge in [-0.05, 0) is 84.1 Å². The molecule has 2 aromatic rings. The Morgan fingerprint density at radius 1 is 1.17 bits per heavy atom. The summed E-state index contributed by atoms with van der Waals surface area (Å²) in [7, 11) is 2.65. The van der Waals surface area contributed by atoms with Crippen molar-refractivity contribution in [2.45, 2.75) is 19.9 Å². The van der Waals surface area contributed by atoms with Gasteiger partial charge in [0.2, 0.25) is 0 Å². The van der Waals surface area contributed by atoms with Gasteiger partial charge >= 0.3 is 5.97 Å². The van der Waals surface area contributed by atoms with Crippen LogP contribution < -0.4 is 14.8 Å². The summed E-state index contributed by atoms with van der Waals surface area (Å²) in [6.07, 6.45) is 1.54. The van der Waals surface area contributed by atoms with E-state index in [0.717, 1.165) is 22.2 Å². The lowest BCUT2D eigenvalue weighted by atomic mass is 10.1. The minimum Gasteiger partial charge on any atom is -0.493 e. The molecule has 1 aliphatic rings. The SMILES string of the molecule is COC(=O)[C@H](C)N1C(=O)S/C(=C/c2cc(I)c(OCC(=O)Nc3ccc(C)cc3)c(OC)c2)C1=O. The Morgan fingerprint density at radius 2 is 1.86 bits per heavy atom. The molecule has 3 rings (SSSR count). The minimum absolute atomic E-state index is 0.162. The number of thioether (sulfide) groups is 1. The number of halogens is 1.